The zero-order chi connectivity index (χ0) is 20.9. The van der Waals surface area contributed by atoms with Crippen molar-refractivity contribution in [2.75, 3.05) is 20.2 Å². The van der Waals surface area contributed by atoms with Crippen LogP contribution in [0, 0.1) is 0 Å². The Bertz CT molecular complexity index is 1020. The second-order valence-electron chi connectivity index (χ2n) is 7.48. The van der Waals surface area contributed by atoms with Gasteiger partial charge in [-0.25, -0.2) is 9.97 Å². The molecule has 0 radical (unpaired) electrons. The number of nitrogens with zero attached hydrogens (tertiary/aromatic N) is 3. The highest BCUT2D eigenvalue weighted by Gasteiger charge is 2.26. The lowest BCUT2D eigenvalue weighted by atomic mass is 9.94. The average Bonchev–Trinajstić information content (AvgIpc) is 2.81. The number of hydrogen-bond donors (Lipinski definition) is 0. The molecule has 1 aromatic heterocycles. The lowest BCUT2D eigenvalue weighted by Gasteiger charge is -2.32. The fourth-order valence-electron chi connectivity index (χ4n) is 3.84. The standard InChI is InChI=1S/C24H24ClN3O2/c1-30-20-10-8-17(9-11-20)24-26-13-12-22(27-24)19-6-4-14-28(16-19)23(29)15-18-5-2-3-7-21(18)25/h2-3,5,7-13,19H,4,6,14-16H2,1H3. The first kappa shape index (κ1) is 20.4. The lowest BCUT2D eigenvalue weighted by molar-refractivity contribution is -0.131. The summed E-state index contributed by atoms with van der Waals surface area (Å²) >= 11 is 6.23. The fourth-order valence-corrected chi connectivity index (χ4v) is 4.04. The van der Waals surface area contributed by atoms with Gasteiger partial charge in [0.05, 0.1) is 13.5 Å². The average molecular weight is 422 g/mol. The van der Waals surface area contributed by atoms with Crippen molar-refractivity contribution < 1.29 is 9.53 Å². The Balaban J connectivity index is 1.47. The Kier molecular flexibility index (Phi) is 6.29. The van der Waals surface area contributed by atoms with Gasteiger partial charge in [-0.3, -0.25) is 4.79 Å². The SMILES string of the molecule is COc1ccc(-c2nccc(C3CCCN(C(=O)Cc4ccccc4Cl)C3)n2)cc1. The van der Waals surface area contributed by atoms with Crippen LogP contribution in [0.2, 0.25) is 5.02 Å². The molecule has 2 heterocycles. The normalized spacial score (nSPS) is 16.3. The van der Waals surface area contributed by atoms with Crippen LogP contribution in [0.15, 0.2) is 60.8 Å². The van der Waals surface area contributed by atoms with E-state index in [1.165, 1.54) is 0 Å². The third-order valence-corrected chi connectivity index (χ3v) is 5.89. The van der Waals surface area contributed by atoms with Gasteiger partial charge in [0.15, 0.2) is 5.82 Å². The van der Waals surface area contributed by atoms with Crippen molar-refractivity contribution >= 4 is 17.5 Å². The quantitative estimate of drug-likeness (QED) is 0.596. The van der Waals surface area contributed by atoms with Crippen molar-refractivity contribution in [3.63, 3.8) is 0 Å². The molecular formula is C24H24ClN3O2. The number of rotatable bonds is 5. The molecule has 4 rings (SSSR count). The number of piperidine rings is 1. The molecule has 5 nitrogen and oxygen atoms in total. The summed E-state index contributed by atoms with van der Waals surface area (Å²) in [4.78, 5) is 24.0. The molecule has 30 heavy (non-hydrogen) atoms. The van der Waals surface area contributed by atoms with E-state index in [0.29, 0.717) is 23.8 Å². The molecule has 154 valence electrons. The van der Waals surface area contributed by atoms with Gasteiger partial charge in [-0.15, -0.1) is 0 Å². The number of benzene rings is 2. The number of halogens is 1. The Morgan fingerprint density at radius 2 is 1.97 bits per heavy atom. The molecular weight excluding hydrogens is 398 g/mol. The number of carbonyl (C=O) groups is 1. The molecule has 3 aromatic rings. The van der Waals surface area contributed by atoms with Gasteiger partial charge >= 0.3 is 0 Å². The van der Waals surface area contributed by atoms with Gasteiger partial charge < -0.3 is 9.64 Å². The second kappa shape index (κ2) is 9.26. The molecule has 1 unspecified atom stereocenters. The van der Waals surface area contributed by atoms with Crippen molar-refractivity contribution in [3.8, 4) is 17.1 Å². The van der Waals surface area contributed by atoms with Gasteiger partial charge in [0.25, 0.3) is 0 Å². The van der Waals surface area contributed by atoms with Gasteiger partial charge in [-0.2, -0.15) is 0 Å². The molecule has 1 aliphatic rings. The molecule has 2 aromatic carbocycles. The van der Waals surface area contributed by atoms with E-state index >= 15 is 0 Å². The number of likely N-dealkylation sites (tertiary alicyclic amines) is 1. The largest absolute Gasteiger partial charge is 0.497 e. The van der Waals surface area contributed by atoms with E-state index in [1.807, 2.05) is 59.5 Å². The Morgan fingerprint density at radius 1 is 1.17 bits per heavy atom. The van der Waals surface area contributed by atoms with Crippen LogP contribution in [0.25, 0.3) is 11.4 Å². The highest BCUT2D eigenvalue weighted by Crippen LogP contribution is 2.28. The van der Waals surface area contributed by atoms with Crippen molar-refractivity contribution in [1.29, 1.82) is 0 Å². The summed E-state index contributed by atoms with van der Waals surface area (Å²) in [6, 6.07) is 17.2. The van der Waals surface area contributed by atoms with E-state index in [-0.39, 0.29) is 11.8 Å². The Hall–Kier alpha value is -2.92. The van der Waals surface area contributed by atoms with Crippen molar-refractivity contribution in [1.82, 2.24) is 14.9 Å². The van der Waals surface area contributed by atoms with Gasteiger partial charge in [0, 0.05) is 41.5 Å². The molecule has 0 N–H and O–H groups in total. The molecule has 1 amide bonds. The number of aromatic nitrogens is 2. The van der Waals surface area contributed by atoms with Crippen LogP contribution in [-0.2, 0) is 11.2 Å². The molecule has 1 saturated heterocycles. The van der Waals surface area contributed by atoms with E-state index in [0.717, 1.165) is 42.0 Å². The van der Waals surface area contributed by atoms with Crippen LogP contribution in [0.3, 0.4) is 0 Å². The van der Waals surface area contributed by atoms with E-state index in [1.54, 1.807) is 13.3 Å². The second-order valence-corrected chi connectivity index (χ2v) is 7.89. The molecule has 6 heteroatoms. The minimum atomic E-state index is 0.109. The monoisotopic (exact) mass is 421 g/mol. The van der Waals surface area contributed by atoms with E-state index in [4.69, 9.17) is 21.3 Å². The summed E-state index contributed by atoms with van der Waals surface area (Å²) in [6.07, 6.45) is 4.09. The van der Waals surface area contributed by atoms with Crippen LogP contribution in [-0.4, -0.2) is 41.0 Å². The topological polar surface area (TPSA) is 55.3 Å². The molecule has 1 atom stereocenters. The minimum absolute atomic E-state index is 0.109. The molecule has 0 saturated carbocycles. The first-order valence-corrected chi connectivity index (χ1v) is 10.5. The zero-order valence-corrected chi connectivity index (χ0v) is 17.7. The van der Waals surface area contributed by atoms with Crippen molar-refractivity contribution in [3.05, 3.63) is 77.1 Å². The molecule has 0 spiro atoms. The molecule has 1 fully saturated rings. The van der Waals surface area contributed by atoms with Gasteiger partial charge in [-0.1, -0.05) is 29.8 Å². The predicted molar refractivity (Wildman–Crippen MR) is 118 cm³/mol. The van der Waals surface area contributed by atoms with Gasteiger partial charge in [0.2, 0.25) is 5.91 Å². The maximum absolute atomic E-state index is 12.9. The number of amides is 1. The Labute approximate surface area is 181 Å². The highest BCUT2D eigenvalue weighted by atomic mass is 35.5. The first-order chi connectivity index (χ1) is 14.6. The van der Waals surface area contributed by atoms with Gasteiger partial charge in [-0.05, 0) is 54.8 Å². The van der Waals surface area contributed by atoms with Crippen LogP contribution in [0.1, 0.15) is 30.0 Å². The maximum atomic E-state index is 12.9. The third kappa shape index (κ3) is 4.62. The summed E-state index contributed by atoms with van der Waals surface area (Å²) in [6.45, 7) is 1.44. The number of methoxy groups -OCH3 is 1. The predicted octanol–water partition coefficient (Wildman–Crippen LogP) is 4.75. The molecule has 0 bridgehead atoms. The third-order valence-electron chi connectivity index (χ3n) is 5.52. The fraction of sp³-hybridized carbons (Fsp3) is 0.292. The first-order valence-electron chi connectivity index (χ1n) is 10.1. The van der Waals surface area contributed by atoms with Crippen LogP contribution in [0.5, 0.6) is 5.75 Å². The van der Waals surface area contributed by atoms with Crippen molar-refractivity contribution in [2.45, 2.75) is 25.2 Å². The zero-order valence-electron chi connectivity index (χ0n) is 16.9. The number of hydrogen-bond acceptors (Lipinski definition) is 4. The summed E-state index contributed by atoms with van der Waals surface area (Å²) in [7, 11) is 1.65. The highest BCUT2D eigenvalue weighted by molar-refractivity contribution is 6.31. The van der Waals surface area contributed by atoms with Crippen LogP contribution in [0.4, 0.5) is 0 Å². The van der Waals surface area contributed by atoms with Crippen LogP contribution >= 0.6 is 11.6 Å². The minimum Gasteiger partial charge on any atom is -0.497 e. The summed E-state index contributed by atoms with van der Waals surface area (Å²) in [5, 5.41) is 0.638. The number of ether oxygens (including phenoxy) is 1. The van der Waals surface area contributed by atoms with E-state index in [2.05, 4.69) is 4.98 Å². The van der Waals surface area contributed by atoms with Gasteiger partial charge in [0.1, 0.15) is 5.75 Å². The molecule has 1 aliphatic heterocycles. The number of carbonyl (C=O) groups excluding carboxylic acids is 1. The maximum Gasteiger partial charge on any atom is 0.227 e. The smallest absolute Gasteiger partial charge is 0.227 e. The molecule has 0 aliphatic carbocycles. The van der Waals surface area contributed by atoms with Crippen LogP contribution < -0.4 is 4.74 Å². The van der Waals surface area contributed by atoms with E-state index in [9.17, 15) is 4.79 Å². The van der Waals surface area contributed by atoms with E-state index < -0.39 is 0 Å². The summed E-state index contributed by atoms with van der Waals surface area (Å²) in [5.41, 5.74) is 2.79. The lowest BCUT2D eigenvalue weighted by Crippen LogP contribution is -2.40. The summed E-state index contributed by atoms with van der Waals surface area (Å²) in [5.74, 6) is 1.80. The summed E-state index contributed by atoms with van der Waals surface area (Å²) < 4.78 is 5.22. The Morgan fingerprint density at radius 3 is 2.73 bits per heavy atom. The van der Waals surface area contributed by atoms with Crippen molar-refractivity contribution in [2.24, 2.45) is 0 Å².